The summed E-state index contributed by atoms with van der Waals surface area (Å²) in [5, 5.41) is 3.14. The van der Waals surface area contributed by atoms with Crippen molar-refractivity contribution in [3.63, 3.8) is 0 Å². The smallest absolute Gasteiger partial charge is 0.223 e. The maximum atomic E-state index is 12.6. The molecule has 1 fully saturated rings. The van der Waals surface area contributed by atoms with Gasteiger partial charge in [-0.2, -0.15) is 0 Å². The van der Waals surface area contributed by atoms with Crippen LogP contribution in [0.1, 0.15) is 50.1 Å². The number of hydrogen-bond acceptors (Lipinski definition) is 5. The molecule has 1 aromatic carbocycles. The lowest BCUT2D eigenvalue weighted by Crippen LogP contribution is -2.52. The van der Waals surface area contributed by atoms with Crippen molar-refractivity contribution in [1.29, 1.82) is 0 Å². The molecule has 2 unspecified atom stereocenters. The summed E-state index contributed by atoms with van der Waals surface area (Å²) in [6.07, 6.45) is 6.15. The molecule has 2 aliphatic rings. The minimum Gasteiger partial charge on any atom is -0.337 e. The van der Waals surface area contributed by atoms with E-state index in [1.54, 1.807) is 25.2 Å². The maximum absolute atomic E-state index is 12.6. The van der Waals surface area contributed by atoms with E-state index in [4.69, 9.17) is 0 Å². The minimum absolute atomic E-state index is 0.0508. The summed E-state index contributed by atoms with van der Waals surface area (Å²) in [4.78, 5) is 36.0. The SMILES string of the molecule is CC(=O)N1Cc2ccccc2N(C(C)=O)CCC2CCCC(C1)N2Cc1nccs1. The van der Waals surface area contributed by atoms with Gasteiger partial charge in [0.1, 0.15) is 5.01 Å². The Hall–Kier alpha value is -2.25. The van der Waals surface area contributed by atoms with Gasteiger partial charge in [-0.1, -0.05) is 24.6 Å². The molecule has 1 aromatic heterocycles. The Balaban J connectivity index is 1.71. The number of amides is 2. The third kappa shape index (κ3) is 4.57. The van der Waals surface area contributed by atoms with E-state index < -0.39 is 0 Å². The topological polar surface area (TPSA) is 56.8 Å². The van der Waals surface area contributed by atoms with E-state index in [2.05, 4.69) is 9.88 Å². The van der Waals surface area contributed by atoms with Crippen LogP contribution in [0.3, 0.4) is 0 Å². The van der Waals surface area contributed by atoms with Gasteiger partial charge in [0.15, 0.2) is 0 Å². The molecule has 2 atom stereocenters. The van der Waals surface area contributed by atoms with Gasteiger partial charge in [0, 0.05) is 62.8 Å². The molecule has 0 spiro atoms. The fraction of sp³-hybridized carbons (Fsp3) is 0.522. The predicted octanol–water partition coefficient (Wildman–Crippen LogP) is 3.67. The van der Waals surface area contributed by atoms with Crippen LogP contribution in [-0.2, 0) is 22.7 Å². The number of hydrogen-bond donors (Lipinski definition) is 0. The molecule has 30 heavy (non-hydrogen) atoms. The quantitative estimate of drug-likeness (QED) is 0.735. The van der Waals surface area contributed by atoms with Gasteiger partial charge >= 0.3 is 0 Å². The third-order valence-corrected chi connectivity index (χ3v) is 7.16. The first kappa shape index (κ1) is 21.0. The molecule has 0 N–H and O–H groups in total. The van der Waals surface area contributed by atoms with Crippen molar-refractivity contribution < 1.29 is 9.59 Å². The van der Waals surface area contributed by atoms with Crippen LogP contribution in [0.2, 0.25) is 0 Å². The number of rotatable bonds is 2. The Morgan fingerprint density at radius 1 is 1.10 bits per heavy atom. The number of fused-ring (bicyclic) bond motifs is 3. The highest BCUT2D eigenvalue weighted by atomic mass is 32.1. The van der Waals surface area contributed by atoms with E-state index in [1.165, 1.54) is 0 Å². The van der Waals surface area contributed by atoms with Crippen molar-refractivity contribution in [3.8, 4) is 0 Å². The largest absolute Gasteiger partial charge is 0.337 e. The highest BCUT2D eigenvalue weighted by Gasteiger charge is 2.34. The summed E-state index contributed by atoms with van der Waals surface area (Å²) in [6.45, 7) is 6.03. The van der Waals surface area contributed by atoms with Gasteiger partial charge in [-0.25, -0.2) is 4.98 Å². The second kappa shape index (κ2) is 9.27. The molecule has 4 rings (SSSR count). The lowest BCUT2D eigenvalue weighted by molar-refractivity contribution is -0.130. The fourth-order valence-electron chi connectivity index (χ4n) is 4.87. The highest BCUT2D eigenvalue weighted by molar-refractivity contribution is 7.09. The molecule has 2 aromatic rings. The molecule has 2 bridgehead atoms. The van der Waals surface area contributed by atoms with Crippen LogP contribution >= 0.6 is 11.3 Å². The Bertz CT molecular complexity index is 885. The average Bonchev–Trinajstić information content (AvgIpc) is 3.22. The van der Waals surface area contributed by atoms with Crippen LogP contribution in [0, 0.1) is 0 Å². The maximum Gasteiger partial charge on any atom is 0.223 e. The number of carbonyl (C=O) groups excluding carboxylic acids is 2. The van der Waals surface area contributed by atoms with Gasteiger partial charge in [0.05, 0.1) is 6.54 Å². The summed E-state index contributed by atoms with van der Waals surface area (Å²) in [5.74, 6) is 0.129. The van der Waals surface area contributed by atoms with Gasteiger partial charge in [-0.3, -0.25) is 14.5 Å². The van der Waals surface area contributed by atoms with E-state index in [1.807, 2.05) is 45.6 Å². The lowest BCUT2D eigenvalue weighted by atomic mass is 9.93. The molecule has 7 heteroatoms. The molecule has 6 nitrogen and oxygen atoms in total. The number of aromatic nitrogens is 1. The van der Waals surface area contributed by atoms with Gasteiger partial charge in [-0.15, -0.1) is 11.3 Å². The summed E-state index contributed by atoms with van der Waals surface area (Å²) in [6, 6.07) is 8.70. The van der Waals surface area contributed by atoms with Crippen molar-refractivity contribution >= 4 is 28.8 Å². The summed E-state index contributed by atoms with van der Waals surface area (Å²) >= 11 is 1.69. The van der Waals surface area contributed by atoms with Gasteiger partial charge < -0.3 is 9.80 Å². The molecule has 0 radical (unpaired) electrons. The van der Waals surface area contributed by atoms with Crippen LogP contribution in [-0.4, -0.2) is 51.8 Å². The number of nitrogens with zero attached hydrogens (tertiary/aromatic N) is 4. The summed E-state index contributed by atoms with van der Waals surface area (Å²) < 4.78 is 0. The molecular formula is C23H30N4O2S. The Morgan fingerprint density at radius 2 is 1.90 bits per heavy atom. The molecule has 2 amide bonds. The molecule has 0 saturated carbocycles. The zero-order chi connectivity index (χ0) is 21.1. The summed E-state index contributed by atoms with van der Waals surface area (Å²) in [5.41, 5.74) is 1.96. The number of piperidine rings is 1. The predicted molar refractivity (Wildman–Crippen MR) is 119 cm³/mol. The van der Waals surface area contributed by atoms with Crippen LogP contribution in [0.5, 0.6) is 0 Å². The van der Waals surface area contributed by atoms with Gasteiger partial charge in [0.25, 0.3) is 0 Å². The number of benzene rings is 1. The normalized spacial score (nSPS) is 22.9. The van der Waals surface area contributed by atoms with Crippen molar-refractivity contribution in [2.24, 2.45) is 0 Å². The molecule has 0 aliphatic carbocycles. The number of anilines is 1. The standard InChI is InChI=1S/C23H30N4O2S/c1-17(28)25-14-19-6-3-4-9-22(19)26(18(2)29)12-10-20-7-5-8-21(15-25)27(20)16-23-24-11-13-30-23/h3-4,6,9,11,13,20-21H,5,7-8,10,12,14-16H2,1-2H3. The fourth-order valence-corrected chi connectivity index (χ4v) is 5.49. The van der Waals surface area contributed by atoms with Crippen LogP contribution < -0.4 is 4.90 Å². The van der Waals surface area contributed by atoms with E-state index in [0.717, 1.165) is 48.5 Å². The third-order valence-electron chi connectivity index (χ3n) is 6.40. The first-order chi connectivity index (χ1) is 14.5. The number of carbonyl (C=O) groups is 2. The first-order valence-corrected chi connectivity index (χ1v) is 11.7. The second-order valence-corrected chi connectivity index (χ2v) is 9.30. The Labute approximate surface area is 182 Å². The molecule has 160 valence electrons. The van der Waals surface area contributed by atoms with E-state index in [-0.39, 0.29) is 11.8 Å². The van der Waals surface area contributed by atoms with Crippen molar-refractivity contribution in [2.45, 2.75) is 64.7 Å². The highest BCUT2D eigenvalue weighted by Crippen LogP contribution is 2.31. The first-order valence-electron chi connectivity index (χ1n) is 10.8. The molecule has 1 saturated heterocycles. The zero-order valence-electron chi connectivity index (χ0n) is 17.8. The monoisotopic (exact) mass is 426 g/mol. The van der Waals surface area contributed by atoms with E-state index in [9.17, 15) is 9.59 Å². The second-order valence-electron chi connectivity index (χ2n) is 8.32. The lowest BCUT2D eigenvalue weighted by Gasteiger charge is -2.43. The van der Waals surface area contributed by atoms with Crippen LogP contribution in [0.15, 0.2) is 35.8 Å². The molecular weight excluding hydrogens is 396 g/mol. The Kier molecular flexibility index (Phi) is 6.49. The van der Waals surface area contributed by atoms with E-state index >= 15 is 0 Å². The van der Waals surface area contributed by atoms with Crippen molar-refractivity contribution in [2.75, 3.05) is 18.0 Å². The van der Waals surface area contributed by atoms with E-state index in [0.29, 0.717) is 31.7 Å². The minimum atomic E-state index is 0.0508. The number of thiazole rings is 1. The van der Waals surface area contributed by atoms with Gasteiger partial charge in [-0.05, 0) is 30.9 Å². The van der Waals surface area contributed by atoms with Crippen LogP contribution in [0.4, 0.5) is 5.69 Å². The molecule has 2 aliphatic heterocycles. The molecule has 3 heterocycles. The number of para-hydroxylation sites is 1. The Morgan fingerprint density at radius 3 is 2.63 bits per heavy atom. The van der Waals surface area contributed by atoms with Crippen molar-refractivity contribution in [3.05, 3.63) is 46.4 Å². The van der Waals surface area contributed by atoms with Crippen LogP contribution in [0.25, 0.3) is 0 Å². The van der Waals surface area contributed by atoms with Crippen molar-refractivity contribution in [1.82, 2.24) is 14.8 Å². The zero-order valence-corrected chi connectivity index (χ0v) is 18.6. The van der Waals surface area contributed by atoms with Gasteiger partial charge in [0.2, 0.25) is 11.8 Å². The summed E-state index contributed by atoms with van der Waals surface area (Å²) in [7, 11) is 0. The average molecular weight is 427 g/mol.